The van der Waals surface area contributed by atoms with E-state index >= 15 is 0 Å². The van der Waals surface area contributed by atoms with Gasteiger partial charge >= 0.3 is 0 Å². The Bertz CT molecular complexity index is 889. The fraction of sp³-hybridized carbons (Fsp3) is 0.417. The van der Waals surface area contributed by atoms with Crippen LogP contribution in [0.25, 0.3) is 0 Å². The standard InChI is InChI=1S/C24H34N4O3.HI/c1-6-17(3)28-23(29)19-10-8-9-18(13-19)15-26-24(25-7-2)27-16-20-11-12-21(30-4)14-22(20)31-5;/h8-14,17H,6-7,15-16H2,1-5H3,(H,28,29)(H2,25,26,27);1H. The van der Waals surface area contributed by atoms with E-state index in [9.17, 15) is 4.79 Å². The first kappa shape index (κ1) is 27.5. The van der Waals surface area contributed by atoms with Crippen molar-refractivity contribution < 1.29 is 14.3 Å². The summed E-state index contributed by atoms with van der Waals surface area (Å²) in [7, 11) is 3.27. The SMILES string of the molecule is CCNC(=NCc1cccc(C(=O)NC(C)CC)c1)NCc1ccc(OC)cc1OC.I. The van der Waals surface area contributed by atoms with Crippen LogP contribution in [0.5, 0.6) is 11.5 Å². The number of nitrogens with zero attached hydrogens (tertiary/aromatic N) is 1. The van der Waals surface area contributed by atoms with Crippen LogP contribution in [0, 0.1) is 0 Å². The number of hydrogen-bond acceptors (Lipinski definition) is 4. The van der Waals surface area contributed by atoms with Crippen molar-refractivity contribution in [3.8, 4) is 11.5 Å². The largest absolute Gasteiger partial charge is 0.497 e. The number of carbonyl (C=O) groups is 1. The molecule has 2 aromatic rings. The molecule has 3 N–H and O–H groups in total. The summed E-state index contributed by atoms with van der Waals surface area (Å²) < 4.78 is 10.7. The van der Waals surface area contributed by atoms with E-state index in [1.54, 1.807) is 14.2 Å². The monoisotopic (exact) mass is 554 g/mol. The minimum Gasteiger partial charge on any atom is -0.497 e. The number of guanidine groups is 1. The van der Waals surface area contributed by atoms with Gasteiger partial charge in [-0.15, -0.1) is 24.0 Å². The number of nitrogens with one attached hydrogen (secondary N) is 3. The lowest BCUT2D eigenvalue weighted by Crippen LogP contribution is -2.36. The maximum Gasteiger partial charge on any atom is 0.251 e. The van der Waals surface area contributed by atoms with Crippen molar-refractivity contribution in [2.45, 2.75) is 46.3 Å². The Morgan fingerprint density at radius 3 is 2.50 bits per heavy atom. The van der Waals surface area contributed by atoms with E-state index in [1.165, 1.54) is 0 Å². The highest BCUT2D eigenvalue weighted by Gasteiger charge is 2.09. The van der Waals surface area contributed by atoms with Gasteiger partial charge in [-0.1, -0.05) is 19.1 Å². The summed E-state index contributed by atoms with van der Waals surface area (Å²) in [5.74, 6) is 2.13. The topological polar surface area (TPSA) is 84.0 Å². The third-order valence-corrected chi connectivity index (χ3v) is 4.88. The molecule has 0 saturated heterocycles. The van der Waals surface area contributed by atoms with Gasteiger partial charge in [0.25, 0.3) is 5.91 Å². The Morgan fingerprint density at radius 2 is 1.84 bits per heavy atom. The van der Waals surface area contributed by atoms with Gasteiger partial charge in [0.15, 0.2) is 5.96 Å². The Hall–Kier alpha value is -2.49. The molecule has 0 aliphatic heterocycles. The molecule has 0 aromatic heterocycles. The Labute approximate surface area is 208 Å². The third-order valence-electron chi connectivity index (χ3n) is 4.88. The van der Waals surface area contributed by atoms with E-state index in [-0.39, 0.29) is 35.9 Å². The first-order valence-corrected chi connectivity index (χ1v) is 10.6. The summed E-state index contributed by atoms with van der Waals surface area (Å²) in [6.07, 6.45) is 0.895. The van der Waals surface area contributed by atoms with E-state index < -0.39 is 0 Å². The zero-order valence-electron chi connectivity index (χ0n) is 19.5. The Morgan fingerprint density at radius 1 is 1.06 bits per heavy atom. The number of benzene rings is 2. The van der Waals surface area contributed by atoms with Crippen molar-refractivity contribution in [2.75, 3.05) is 20.8 Å². The molecule has 1 amide bonds. The molecule has 0 bridgehead atoms. The van der Waals surface area contributed by atoms with Crippen molar-refractivity contribution in [1.82, 2.24) is 16.0 Å². The van der Waals surface area contributed by atoms with Crippen LogP contribution in [0.3, 0.4) is 0 Å². The van der Waals surface area contributed by atoms with Crippen LogP contribution in [0.4, 0.5) is 0 Å². The average Bonchev–Trinajstić information content (AvgIpc) is 2.80. The summed E-state index contributed by atoms with van der Waals surface area (Å²) in [4.78, 5) is 17.0. The number of ether oxygens (including phenoxy) is 2. The molecule has 0 radical (unpaired) electrons. The molecule has 1 atom stereocenters. The second kappa shape index (κ2) is 14.5. The van der Waals surface area contributed by atoms with Crippen molar-refractivity contribution in [1.29, 1.82) is 0 Å². The number of halogens is 1. The molecular formula is C24H35IN4O3. The van der Waals surface area contributed by atoms with Gasteiger partial charge in [0.05, 0.1) is 20.8 Å². The number of hydrogen-bond donors (Lipinski definition) is 3. The molecule has 32 heavy (non-hydrogen) atoms. The van der Waals surface area contributed by atoms with Gasteiger partial charge in [-0.25, -0.2) is 4.99 Å². The van der Waals surface area contributed by atoms with Crippen molar-refractivity contribution in [3.63, 3.8) is 0 Å². The molecule has 0 aliphatic rings. The van der Waals surface area contributed by atoms with Crippen LogP contribution in [0.15, 0.2) is 47.5 Å². The van der Waals surface area contributed by atoms with E-state index in [2.05, 4.69) is 20.9 Å². The Kier molecular flexibility index (Phi) is 12.5. The molecule has 2 rings (SSSR count). The molecule has 0 aliphatic carbocycles. The molecule has 0 spiro atoms. The van der Waals surface area contributed by atoms with Crippen LogP contribution in [-0.4, -0.2) is 38.7 Å². The number of aliphatic imine (C=N–C) groups is 1. The molecule has 2 aromatic carbocycles. The minimum atomic E-state index is -0.0585. The summed E-state index contributed by atoms with van der Waals surface area (Å²) >= 11 is 0. The zero-order valence-corrected chi connectivity index (χ0v) is 21.9. The fourth-order valence-corrected chi connectivity index (χ4v) is 2.91. The van der Waals surface area contributed by atoms with Crippen molar-refractivity contribution >= 4 is 35.8 Å². The average molecular weight is 554 g/mol. The molecule has 0 fully saturated rings. The predicted molar refractivity (Wildman–Crippen MR) is 140 cm³/mol. The van der Waals surface area contributed by atoms with Gasteiger partial charge in [0.1, 0.15) is 11.5 Å². The Balaban J connectivity index is 0.00000512. The molecule has 7 nitrogen and oxygen atoms in total. The zero-order chi connectivity index (χ0) is 22.6. The summed E-state index contributed by atoms with van der Waals surface area (Å²) in [6, 6.07) is 13.4. The van der Waals surface area contributed by atoms with Gasteiger partial charge in [0, 0.05) is 36.3 Å². The van der Waals surface area contributed by atoms with Crippen molar-refractivity contribution in [2.24, 2.45) is 4.99 Å². The van der Waals surface area contributed by atoms with Gasteiger partial charge in [-0.3, -0.25) is 4.79 Å². The van der Waals surface area contributed by atoms with Crippen molar-refractivity contribution in [3.05, 3.63) is 59.2 Å². The number of amides is 1. The maximum atomic E-state index is 12.4. The predicted octanol–water partition coefficient (Wildman–Crippen LogP) is 4.11. The second-order valence-electron chi connectivity index (χ2n) is 7.21. The first-order valence-electron chi connectivity index (χ1n) is 10.6. The van der Waals surface area contributed by atoms with E-state index in [1.807, 2.05) is 63.2 Å². The quantitative estimate of drug-likeness (QED) is 0.234. The molecule has 0 saturated carbocycles. The van der Waals surface area contributed by atoms with E-state index in [0.717, 1.165) is 35.6 Å². The van der Waals surface area contributed by atoms with Gasteiger partial charge < -0.3 is 25.4 Å². The number of rotatable bonds is 10. The van der Waals surface area contributed by atoms with Gasteiger partial charge in [-0.2, -0.15) is 0 Å². The fourth-order valence-electron chi connectivity index (χ4n) is 2.91. The normalized spacial score (nSPS) is 11.7. The second-order valence-corrected chi connectivity index (χ2v) is 7.21. The van der Waals surface area contributed by atoms with Gasteiger partial charge in [-0.05, 0) is 50.1 Å². The van der Waals surface area contributed by atoms with Gasteiger partial charge in [0.2, 0.25) is 0 Å². The molecule has 1 unspecified atom stereocenters. The number of carbonyl (C=O) groups excluding carboxylic acids is 1. The molecule has 0 heterocycles. The summed E-state index contributed by atoms with van der Waals surface area (Å²) in [5.41, 5.74) is 2.61. The highest BCUT2D eigenvalue weighted by Crippen LogP contribution is 2.24. The molecule has 176 valence electrons. The van der Waals surface area contributed by atoms with Crippen LogP contribution in [0.2, 0.25) is 0 Å². The lowest BCUT2D eigenvalue weighted by atomic mass is 10.1. The minimum absolute atomic E-state index is 0. The number of methoxy groups -OCH3 is 2. The smallest absolute Gasteiger partial charge is 0.251 e. The lowest BCUT2D eigenvalue weighted by molar-refractivity contribution is 0.0939. The van der Waals surface area contributed by atoms with Crippen LogP contribution < -0.4 is 25.4 Å². The summed E-state index contributed by atoms with van der Waals surface area (Å²) in [5, 5.41) is 9.57. The van der Waals surface area contributed by atoms with Crippen LogP contribution >= 0.6 is 24.0 Å². The highest BCUT2D eigenvalue weighted by molar-refractivity contribution is 14.0. The highest BCUT2D eigenvalue weighted by atomic mass is 127. The van der Waals surface area contributed by atoms with E-state index in [4.69, 9.17) is 9.47 Å². The lowest BCUT2D eigenvalue weighted by Gasteiger charge is -2.14. The third kappa shape index (κ3) is 8.57. The van der Waals surface area contributed by atoms with Crippen LogP contribution in [-0.2, 0) is 13.1 Å². The van der Waals surface area contributed by atoms with E-state index in [0.29, 0.717) is 24.6 Å². The summed E-state index contributed by atoms with van der Waals surface area (Å²) in [6.45, 7) is 7.81. The molecule has 8 heteroatoms. The van der Waals surface area contributed by atoms with Crippen LogP contribution in [0.1, 0.15) is 48.7 Å². The maximum absolute atomic E-state index is 12.4. The first-order chi connectivity index (χ1) is 15.0. The molecular weight excluding hydrogens is 519 g/mol.